The van der Waals surface area contributed by atoms with Crippen molar-refractivity contribution >= 4 is 55.1 Å². The van der Waals surface area contributed by atoms with Gasteiger partial charge >= 0.3 is 0 Å². The number of hydrogen-bond acceptors (Lipinski definition) is 8. The van der Waals surface area contributed by atoms with E-state index < -0.39 is 5.97 Å². The number of fused-ring (bicyclic) bond motifs is 4. The third-order valence-electron chi connectivity index (χ3n) is 4.24. The van der Waals surface area contributed by atoms with E-state index in [1.165, 1.54) is 30.0 Å². The predicted molar refractivity (Wildman–Crippen MR) is 105 cm³/mol. The Morgan fingerprint density at radius 2 is 2.07 bits per heavy atom. The summed E-state index contributed by atoms with van der Waals surface area (Å²) < 4.78 is 3.08. The Kier molecular flexibility index (Phi) is 3.88. The topological polar surface area (TPSA) is 116 Å². The molecule has 0 aliphatic heterocycles. The lowest BCUT2D eigenvalue weighted by molar-refractivity contribution is -0.255. The number of aromatic carboxylic acids is 1. The molecule has 0 bridgehead atoms. The molecule has 0 saturated carbocycles. The van der Waals surface area contributed by atoms with Gasteiger partial charge in [-0.25, -0.2) is 4.98 Å². The van der Waals surface area contributed by atoms with Gasteiger partial charge < -0.3 is 14.9 Å². The Bertz CT molecular complexity index is 1440. The van der Waals surface area contributed by atoms with E-state index in [9.17, 15) is 14.7 Å². The number of carboxylic acids is 1. The zero-order chi connectivity index (χ0) is 19.3. The number of thiazole rings is 1. The van der Waals surface area contributed by atoms with Crippen molar-refractivity contribution in [2.45, 2.75) is 10.9 Å². The van der Waals surface area contributed by atoms with Gasteiger partial charge in [-0.05, 0) is 29.8 Å². The minimum atomic E-state index is -1.31. The summed E-state index contributed by atoms with van der Waals surface area (Å²) in [7, 11) is 0. The van der Waals surface area contributed by atoms with Crippen LogP contribution in [0, 0.1) is 0 Å². The molecule has 2 aromatic carbocycles. The van der Waals surface area contributed by atoms with Crippen LogP contribution in [0.25, 0.3) is 26.1 Å². The number of H-pyrrole nitrogens is 1. The number of para-hydroxylation sites is 1. The van der Waals surface area contributed by atoms with Gasteiger partial charge in [0.25, 0.3) is 5.56 Å². The van der Waals surface area contributed by atoms with Crippen LogP contribution in [0.3, 0.4) is 0 Å². The molecule has 10 heteroatoms. The van der Waals surface area contributed by atoms with Crippen LogP contribution in [-0.2, 0) is 5.75 Å². The van der Waals surface area contributed by atoms with Crippen molar-refractivity contribution in [1.82, 2.24) is 24.6 Å². The zero-order valence-electron chi connectivity index (χ0n) is 14.1. The lowest BCUT2D eigenvalue weighted by atomic mass is 10.1. The van der Waals surface area contributed by atoms with Crippen LogP contribution in [-0.4, -0.2) is 30.5 Å². The monoisotopic (exact) mass is 408 g/mol. The van der Waals surface area contributed by atoms with E-state index in [1.54, 1.807) is 11.3 Å². The Hall–Kier alpha value is -3.24. The molecule has 3 aromatic heterocycles. The summed E-state index contributed by atoms with van der Waals surface area (Å²) in [4.78, 5) is 31.3. The van der Waals surface area contributed by atoms with Gasteiger partial charge in [-0.3, -0.25) is 9.20 Å². The molecule has 1 N–H and O–H groups in total. The number of carbonyl (C=O) groups excluding carboxylic acids is 1. The maximum Gasteiger partial charge on any atom is 0.258 e. The molecule has 8 nitrogen and oxygen atoms in total. The standard InChI is InChI=1S/C18H11N5O3S2/c24-15-10-6-5-9(16(25)26)7-11(10)19-14(20-15)8-27-17-21-22-18-23(17)12-3-1-2-4-13(12)28-18/h1-7H,8H2,(H,25,26)(H,19,20,24)/p-1. The number of benzene rings is 2. The first-order chi connectivity index (χ1) is 13.6. The van der Waals surface area contributed by atoms with Crippen molar-refractivity contribution in [2.24, 2.45) is 0 Å². The molecule has 3 heterocycles. The van der Waals surface area contributed by atoms with E-state index >= 15 is 0 Å². The molecular weight excluding hydrogens is 398 g/mol. The minimum Gasteiger partial charge on any atom is -0.545 e. The van der Waals surface area contributed by atoms with Crippen LogP contribution in [0.1, 0.15) is 16.2 Å². The SMILES string of the molecule is O=C([O-])c1ccc2c(=O)[nH]c(CSc3nnc4sc5ccccc5n34)nc2c1. The van der Waals surface area contributed by atoms with Crippen molar-refractivity contribution < 1.29 is 9.90 Å². The molecule has 0 spiro atoms. The number of aromatic amines is 1. The summed E-state index contributed by atoms with van der Waals surface area (Å²) in [5, 5.41) is 20.5. The first-order valence-corrected chi connectivity index (χ1v) is 10.00. The third-order valence-corrected chi connectivity index (χ3v) is 6.19. The third kappa shape index (κ3) is 2.74. The number of hydrogen-bond donors (Lipinski definition) is 1. The molecular formula is C18H10N5O3S2-. The number of rotatable bonds is 4. The first-order valence-electron chi connectivity index (χ1n) is 8.20. The van der Waals surface area contributed by atoms with Crippen molar-refractivity contribution in [3.8, 4) is 0 Å². The Morgan fingerprint density at radius 1 is 1.21 bits per heavy atom. The molecule has 5 aromatic rings. The average Bonchev–Trinajstić information content (AvgIpc) is 3.25. The van der Waals surface area contributed by atoms with Gasteiger partial charge in [-0.15, -0.1) is 10.2 Å². The van der Waals surface area contributed by atoms with Gasteiger partial charge in [0.15, 0.2) is 5.16 Å². The van der Waals surface area contributed by atoms with E-state index in [0.29, 0.717) is 27.6 Å². The fourth-order valence-electron chi connectivity index (χ4n) is 2.97. The lowest BCUT2D eigenvalue weighted by Crippen LogP contribution is -2.22. The van der Waals surface area contributed by atoms with Crippen LogP contribution < -0.4 is 10.7 Å². The van der Waals surface area contributed by atoms with Crippen LogP contribution >= 0.6 is 23.1 Å². The van der Waals surface area contributed by atoms with Crippen molar-refractivity contribution in [1.29, 1.82) is 0 Å². The van der Waals surface area contributed by atoms with Crippen molar-refractivity contribution in [3.63, 3.8) is 0 Å². The first kappa shape index (κ1) is 16.9. The maximum absolute atomic E-state index is 12.3. The van der Waals surface area contributed by atoms with Crippen LogP contribution in [0.4, 0.5) is 0 Å². The smallest absolute Gasteiger partial charge is 0.258 e. The number of aromatic nitrogens is 5. The minimum absolute atomic E-state index is 0.0203. The molecule has 138 valence electrons. The molecule has 0 aliphatic carbocycles. The second-order valence-corrected chi connectivity index (χ2v) is 7.94. The van der Waals surface area contributed by atoms with Crippen LogP contribution in [0.5, 0.6) is 0 Å². The van der Waals surface area contributed by atoms with Crippen molar-refractivity contribution in [3.05, 3.63) is 64.2 Å². The Morgan fingerprint density at radius 3 is 2.93 bits per heavy atom. The predicted octanol–water partition coefficient (Wildman–Crippen LogP) is 1.84. The summed E-state index contributed by atoms with van der Waals surface area (Å²) in [5.74, 6) is -0.532. The van der Waals surface area contributed by atoms with E-state index in [1.807, 2.05) is 28.7 Å². The highest BCUT2D eigenvalue weighted by Gasteiger charge is 2.13. The molecule has 0 atom stereocenters. The zero-order valence-corrected chi connectivity index (χ0v) is 15.7. The molecule has 0 saturated heterocycles. The number of carboxylic acid groups (broad SMARTS) is 1. The van der Waals surface area contributed by atoms with Gasteiger partial charge in [-0.2, -0.15) is 0 Å². The second-order valence-electron chi connectivity index (χ2n) is 5.99. The Labute approximate surface area is 164 Å². The van der Waals surface area contributed by atoms with Crippen LogP contribution in [0.2, 0.25) is 0 Å². The number of nitrogens with zero attached hydrogens (tertiary/aromatic N) is 4. The molecule has 0 radical (unpaired) electrons. The molecule has 0 fully saturated rings. The van der Waals surface area contributed by atoms with E-state index in [4.69, 9.17) is 0 Å². The highest BCUT2D eigenvalue weighted by atomic mass is 32.2. The second kappa shape index (κ2) is 6.43. The molecule has 28 heavy (non-hydrogen) atoms. The molecule has 0 aliphatic rings. The van der Waals surface area contributed by atoms with E-state index in [2.05, 4.69) is 20.2 Å². The summed E-state index contributed by atoms with van der Waals surface area (Å²) >= 11 is 2.95. The summed E-state index contributed by atoms with van der Waals surface area (Å²) in [6.45, 7) is 0. The fraction of sp³-hybridized carbons (Fsp3) is 0.0556. The number of thioether (sulfide) groups is 1. The van der Waals surface area contributed by atoms with Gasteiger partial charge in [0.2, 0.25) is 4.96 Å². The summed E-state index contributed by atoms with van der Waals surface area (Å²) in [6, 6.07) is 12.1. The van der Waals surface area contributed by atoms with Gasteiger partial charge in [-0.1, -0.05) is 41.3 Å². The van der Waals surface area contributed by atoms with Gasteiger partial charge in [0.1, 0.15) is 5.82 Å². The molecule has 0 amide bonds. The summed E-state index contributed by atoms with van der Waals surface area (Å²) in [6.07, 6.45) is 0. The lowest BCUT2D eigenvalue weighted by Gasteiger charge is -2.05. The highest BCUT2D eigenvalue weighted by Crippen LogP contribution is 2.30. The van der Waals surface area contributed by atoms with Gasteiger partial charge in [0, 0.05) is 0 Å². The highest BCUT2D eigenvalue weighted by molar-refractivity contribution is 7.98. The van der Waals surface area contributed by atoms with Gasteiger partial charge in [0.05, 0.1) is 32.8 Å². The number of nitrogens with one attached hydrogen (secondary N) is 1. The fourth-order valence-corrected chi connectivity index (χ4v) is 4.80. The van der Waals surface area contributed by atoms with Crippen molar-refractivity contribution in [2.75, 3.05) is 0 Å². The normalized spacial score (nSPS) is 11.6. The quantitative estimate of drug-likeness (QED) is 0.451. The molecule has 5 rings (SSSR count). The van der Waals surface area contributed by atoms with Crippen LogP contribution in [0.15, 0.2) is 52.4 Å². The number of carbonyl (C=O) groups is 1. The summed E-state index contributed by atoms with van der Waals surface area (Å²) in [5.41, 5.74) is 0.993. The van der Waals surface area contributed by atoms with E-state index in [0.717, 1.165) is 15.2 Å². The largest absolute Gasteiger partial charge is 0.545 e. The van der Waals surface area contributed by atoms with E-state index in [-0.39, 0.29) is 11.1 Å². The Balaban J connectivity index is 1.51. The molecule has 0 unspecified atom stereocenters. The maximum atomic E-state index is 12.3. The average molecular weight is 408 g/mol.